The molecule has 7 nitrogen and oxygen atoms in total. The molecule has 3 rings (SSSR count). The lowest BCUT2D eigenvalue weighted by Gasteiger charge is -2.11. The van der Waals surface area contributed by atoms with Gasteiger partial charge < -0.3 is 16.0 Å². The minimum atomic E-state index is 0.626. The first kappa shape index (κ1) is 16.4. The third-order valence-electron chi connectivity index (χ3n) is 3.82. The Morgan fingerprint density at radius 3 is 2.96 bits per heavy atom. The third-order valence-corrected chi connectivity index (χ3v) is 3.82. The molecule has 0 saturated heterocycles. The van der Waals surface area contributed by atoms with Gasteiger partial charge in [0.25, 0.3) is 0 Å². The number of H-pyrrole nitrogens is 1. The van der Waals surface area contributed by atoms with Gasteiger partial charge in [0.1, 0.15) is 17.5 Å². The summed E-state index contributed by atoms with van der Waals surface area (Å²) in [5.41, 5.74) is 11.6. The number of nitrogens with zero attached hydrogens (tertiary/aromatic N) is 4. The zero-order chi connectivity index (χ0) is 17.6. The number of fused-ring (bicyclic) bond motifs is 1. The fraction of sp³-hybridized carbons (Fsp3) is 0.111. The van der Waals surface area contributed by atoms with Crippen LogP contribution in [0.15, 0.2) is 54.2 Å². The van der Waals surface area contributed by atoms with Crippen molar-refractivity contribution in [1.82, 2.24) is 19.9 Å². The first-order valence-corrected chi connectivity index (χ1v) is 7.78. The molecule has 0 unspecified atom stereocenters. The summed E-state index contributed by atoms with van der Waals surface area (Å²) in [7, 11) is 1.91. The van der Waals surface area contributed by atoms with Gasteiger partial charge in [0, 0.05) is 24.5 Å². The SMILES string of the molecule is CNc1cc(/C(=C\C=C/N=CN)c2ncnc3nc[nH]c23)ccc1C. The number of aromatic amines is 1. The number of aliphatic imine (C=N–C) groups is 1. The van der Waals surface area contributed by atoms with E-state index in [0.717, 1.165) is 28.0 Å². The molecule has 1 aromatic carbocycles. The monoisotopic (exact) mass is 333 g/mol. The molecule has 25 heavy (non-hydrogen) atoms. The first-order chi connectivity index (χ1) is 12.2. The number of aromatic nitrogens is 4. The molecule has 3 aromatic rings. The van der Waals surface area contributed by atoms with E-state index in [1.807, 2.05) is 19.2 Å². The van der Waals surface area contributed by atoms with E-state index in [0.29, 0.717) is 5.65 Å². The van der Waals surface area contributed by atoms with Crippen molar-refractivity contribution in [2.24, 2.45) is 10.7 Å². The number of benzene rings is 1. The van der Waals surface area contributed by atoms with Crippen LogP contribution in [0.25, 0.3) is 16.7 Å². The Bertz CT molecular complexity index is 966. The van der Waals surface area contributed by atoms with Gasteiger partial charge in [0.2, 0.25) is 0 Å². The van der Waals surface area contributed by atoms with E-state index >= 15 is 0 Å². The highest BCUT2D eigenvalue weighted by atomic mass is 15.0. The van der Waals surface area contributed by atoms with Crippen LogP contribution >= 0.6 is 0 Å². The second-order valence-electron chi connectivity index (χ2n) is 5.32. The highest BCUT2D eigenvalue weighted by Gasteiger charge is 2.13. The highest BCUT2D eigenvalue weighted by Crippen LogP contribution is 2.29. The van der Waals surface area contributed by atoms with Gasteiger partial charge in [-0.15, -0.1) is 0 Å². The number of rotatable bonds is 5. The van der Waals surface area contributed by atoms with Gasteiger partial charge in [-0.05, 0) is 30.2 Å². The van der Waals surface area contributed by atoms with Crippen LogP contribution in [-0.2, 0) is 0 Å². The highest BCUT2D eigenvalue weighted by molar-refractivity contribution is 5.91. The number of imidazole rings is 1. The normalized spacial score (nSPS) is 12.5. The van der Waals surface area contributed by atoms with E-state index in [4.69, 9.17) is 5.73 Å². The minimum absolute atomic E-state index is 0.626. The predicted octanol–water partition coefficient (Wildman–Crippen LogP) is 2.64. The van der Waals surface area contributed by atoms with Crippen molar-refractivity contribution in [3.05, 3.63) is 66.0 Å². The molecule has 0 spiro atoms. The molecular weight excluding hydrogens is 314 g/mol. The van der Waals surface area contributed by atoms with Crippen LogP contribution in [0.5, 0.6) is 0 Å². The van der Waals surface area contributed by atoms with Crippen LogP contribution in [0.3, 0.4) is 0 Å². The number of nitrogens with two attached hydrogens (primary N) is 1. The maximum Gasteiger partial charge on any atom is 0.181 e. The quantitative estimate of drug-likeness (QED) is 0.378. The number of hydrogen-bond donors (Lipinski definition) is 3. The Morgan fingerprint density at radius 1 is 1.28 bits per heavy atom. The Labute approximate surface area is 145 Å². The lowest BCUT2D eigenvalue weighted by molar-refractivity contribution is 1.17. The summed E-state index contributed by atoms with van der Waals surface area (Å²) in [5, 5.41) is 3.21. The summed E-state index contributed by atoms with van der Waals surface area (Å²) >= 11 is 0. The fourth-order valence-electron chi connectivity index (χ4n) is 2.58. The van der Waals surface area contributed by atoms with Crippen molar-refractivity contribution < 1.29 is 0 Å². The molecular formula is C18H19N7. The molecule has 2 aromatic heterocycles. The van der Waals surface area contributed by atoms with Gasteiger partial charge in [-0.3, -0.25) is 0 Å². The molecule has 0 aliphatic carbocycles. The molecule has 0 radical (unpaired) electrons. The van der Waals surface area contributed by atoms with Gasteiger partial charge in [-0.1, -0.05) is 18.2 Å². The minimum Gasteiger partial charge on any atom is -0.390 e. The number of aryl methyl sites for hydroxylation is 1. The first-order valence-electron chi connectivity index (χ1n) is 7.78. The van der Waals surface area contributed by atoms with Gasteiger partial charge >= 0.3 is 0 Å². The molecule has 7 heteroatoms. The molecule has 0 saturated carbocycles. The van der Waals surface area contributed by atoms with Crippen LogP contribution in [-0.4, -0.2) is 33.3 Å². The van der Waals surface area contributed by atoms with E-state index < -0.39 is 0 Å². The van der Waals surface area contributed by atoms with Crippen LogP contribution in [0.2, 0.25) is 0 Å². The number of hydrogen-bond acceptors (Lipinski definition) is 5. The lowest BCUT2D eigenvalue weighted by atomic mass is 9.99. The Kier molecular flexibility index (Phi) is 4.84. The van der Waals surface area contributed by atoms with Crippen LogP contribution in [0.4, 0.5) is 5.69 Å². The summed E-state index contributed by atoms with van der Waals surface area (Å²) in [6.45, 7) is 2.06. The van der Waals surface area contributed by atoms with E-state index in [2.05, 4.69) is 55.4 Å². The van der Waals surface area contributed by atoms with Crippen molar-refractivity contribution >= 4 is 28.8 Å². The van der Waals surface area contributed by atoms with E-state index in [1.165, 1.54) is 18.2 Å². The molecule has 4 N–H and O–H groups in total. The molecule has 126 valence electrons. The van der Waals surface area contributed by atoms with Gasteiger partial charge in [0.15, 0.2) is 5.65 Å². The van der Waals surface area contributed by atoms with Crippen molar-refractivity contribution in [1.29, 1.82) is 0 Å². The van der Waals surface area contributed by atoms with Crippen LogP contribution in [0.1, 0.15) is 16.8 Å². The summed E-state index contributed by atoms with van der Waals surface area (Å²) < 4.78 is 0. The summed E-state index contributed by atoms with van der Waals surface area (Å²) in [4.78, 5) is 19.9. The predicted molar refractivity (Wildman–Crippen MR) is 101 cm³/mol. The molecule has 0 atom stereocenters. The van der Waals surface area contributed by atoms with Gasteiger partial charge in [-0.25, -0.2) is 19.9 Å². The largest absolute Gasteiger partial charge is 0.390 e. The summed E-state index contributed by atoms with van der Waals surface area (Å²) in [6, 6.07) is 6.22. The number of allylic oxidation sites excluding steroid dienone is 2. The summed E-state index contributed by atoms with van der Waals surface area (Å²) in [6.07, 6.45) is 9.76. The van der Waals surface area contributed by atoms with Crippen LogP contribution < -0.4 is 11.1 Å². The lowest BCUT2D eigenvalue weighted by Crippen LogP contribution is -1.98. The van der Waals surface area contributed by atoms with E-state index in [1.54, 1.807) is 12.5 Å². The fourth-order valence-corrected chi connectivity index (χ4v) is 2.58. The zero-order valence-electron chi connectivity index (χ0n) is 14.1. The van der Waals surface area contributed by atoms with Crippen molar-refractivity contribution in [2.75, 3.05) is 12.4 Å². The Hall–Kier alpha value is -3.48. The number of anilines is 1. The zero-order valence-corrected chi connectivity index (χ0v) is 14.1. The van der Waals surface area contributed by atoms with Crippen molar-refractivity contribution in [3.63, 3.8) is 0 Å². The molecule has 0 aliphatic heterocycles. The van der Waals surface area contributed by atoms with Crippen molar-refractivity contribution in [3.8, 4) is 0 Å². The average molecular weight is 333 g/mol. The Morgan fingerprint density at radius 2 is 2.16 bits per heavy atom. The van der Waals surface area contributed by atoms with Crippen LogP contribution in [0, 0.1) is 6.92 Å². The standard InChI is InChI=1S/C18H19N7/c1-12-5-6-13(8-15(12)20-2)14(4-3-7-21-9-19)16-17-18(24-10-22-16)25-11-23-17/h3-11,20H,1-2H3,(H2,19,21)(H,22,23,24,25)/b7-3-,14-4+. The molecule has 0 aliphatic rings. The maximum absolute atomic E-state index is 5.28. The molecule has 2 heterocycles. The smallest absolute Gasteiger partial charge is 0.181 e. The topological polar surface area (TPSA) is 105 Å². The maximum atomic E-state index is 5.28. The molecule has 0 amide bonds. The van der Waals surface area contributed by atoms with E-state index in [9.17, 15) is 0 Å². The van der Waals surface area contributed by atoms with E-state index in [-0.39, 0.29) is 0 Å². The summed E-state index contributed by atoms with van der Waals surface area (Å²) in [5.74, 6) is 0. The number of nitrogens with one attached hydrogen (secondary N) is 2. The van der Waals surface area contributed by atoms with Crippen molar-refractivity contribution in [2.45, 2.75) is 6.92 Å². The molecule has 0 fully saturated rings. The molecule has 0 bridgehead atoms. The Balaban J connectivity index is 2.18. The van der Waals surface area contributed by atoms with Gasteiger partial charge in [-0.2, -0.15) is 0 Å². The second kappa shape index (κ2) is 7.39. The van der Waals surface area contributed by atoms with Gasteiger partial charge in [0.05, 0.1) is 12.7 Å². The average Bonchev–Trinajstić information content (AvgIpc) is 3.12. The second-order valence-corrected chi connectivity index (χ2v) is 5.32. The third kappa shape index (κ3) is 3.40.